The number of carbonyl (C=O) groups excluding carboxylic acids is 1. The van der Waals surface area contributed by atoms with E-state index in [4.69, 9.17) is 5.73 Å². The fourth-order valence-electron chi connectivity index (χ4n) is 7.39. The van der Waals surface area contributed by atoms with Crippen molar-refractivity contribution in [3.05, 3.63) is 35.9 Å². The predicted octanol–water partition coefficient (Wildman–Crippen LogP) is 5.86. The zero-order valence-electron chi connectivity index (χ0n) is 19.0. The topological polar surface area (TPSA) is 55.1 Å². The summed E-state index contributed by atoms with van der Waals surface area (Å²) in [6, 6.07) is 12.0. The largest absolute Gasteiger partial charge is 0.353 e. The number of hydrogen-bond donors (Lipinski definition) is 2. The second-order valence-electron chi connectivity index (χ2n) is 10.9. The first-order valence-corrected chi connectivity index (χ1v) is 12.6. The van der Waals surface area contributed by atoms with Crippen LogP contribution in [0.15, 0.2) is 30.3 Å². The van der Waals surface area contributed by atoms with Gasteiger partial charge in [-0.2, -0.15) is 0 Å². The van der Waals surface area contributed by atoms with Gasteiger partial charge in [-0.05, 0) is 92.9 Å². The molecule has 3 nitrogen and oxygen atoms in total. The van der Waals surface area contributed by atoms with Gasteiger partial charge in [0.25, 0.3) is 0 Å². The van der Waals surface area contributed by atoms with Crippen LogP contribution in [0.25, 0.3) is 0 Å². The molecule has 4 rings (SSSR count). The Morgan fingerprint density at radius 3 is 2.60 bits per heavy atom. The SMILES string of the molecule is CCC[C@@]12CCC[C@@](c3ccccc3)(CC(CCC(=O)NC3CCC(N)CC3)C1)C2. The lowest BCUT2D eigenvalue weighted by Gasteiger charge is -2.56. The van der Waals surface area contributed by atoms with Gasteiger partial charge in [-0.25, -0.2) is 0 Å². The van der Waals surface area contributed by atoms with Gasteiger partial charge in [0, 0.05) is 18.5 Å². The number of fused-ring (bicyclic) bond motifs is 2. The summed E-state index contributed by atoms with van der Waals surface area (Å²) in [4.78, 5) is 12.7. The average molecular weight is 411 g/mol. The van der Waals surface area contributed by atoms with Crippen molar-refractivity contribution >= 4 is 5.91 Å². The van der Waals surface area contributed by atoms with Crippen LogP contribution in [0.3, 0.4) is 0 Å². The number of nitrogens with one attached hydrogen (secondary N) is 1. The number of hydrogen-bond acceptors (Lipinski definition) is 2. The van der Waals surface area contributed by atoms with Crippen LogP contribution < -0.4 is 11.1 Å². The van der Waals surface area contributed by atoms with E-state index in [1.807, 2.05) is 0 Å². The maximum Gasteiger partial charge on any atom is 0.220 e. The normalized spacial score (nSPS) is 36.3. The summed E-state index contributed by atoms with van der Waals surface area (Å²) in [5.41, 5.74) is 8.41. The van der Waals surface area contributed by atoms with E-state index in [-0.39, 0.29) is 5.91 Å². The first-order valence-electron chi connectivity index (χ1n) is 12.6. The van der Waals surface area contributed by atoms with E-state index in [2.05, 4.69) is 42.6 Å². The van der Waals surface area contributed by atoms with Crippen molar-refractivity contribution in [1.29, 1.82) is 0 Å². The Kier molecular flexibility index (Phi) is 6.87. The molecule has 0 heterocycles. The van der Waals surface area contributed by atoms with Crippen LogP contribution in [-0.4, -0.2) is 18.0 Å². The van der Waals surface area contributed by atoms with E-state index in [9.17, 15) is 4.79 Å². The summed E-state index contributed by atoms with van der Waals surface area (Å²) in [5, 5.41) is 3.31. The molecule has 0 spiro atoms. The van der Waals surface area contributed by atoms with Crippen LogP contribution in [0.1, 0.15) is 102 Å². The van der Waals surface area contributed by atoms with Gasteiger partial charge in [-0.15, -0.1) is 0 Å². The molecule has 2 bridgehead atoms. The van der Waals surface area contributed by atoms with Gasteiger partial charge in [0.15, 0.2) is 0 Å². The Morgan fingerprint density at radius 1 is 1.10 bits per heavy atom. The molecule has 166 valence electrons. The second kappa shape index (κ2) is 9.42. The highest BCUT2D eigenvalue weighted by molar-refractivity contribution is 5.76. The van der Waals surface area contributed by atoms with Gasteiger partial charge in [0.1, 0.15) is 0 Å². The molecular formula is C27H42N2O. The minimum atomic E-state index is 0.268. The van der Waals surface area contributed by atoms with Crippen LogP contribution >= 0.6 is 0 Å². The highest BCUT2D eigenvalue weighted by Crippen LogP contribution is 2.60. The zero-order chi connectivity index (χ0) is 21.0. The molecule has 3 atom stereocenters. The third-order valence-electron chi connectivity index (χ3n) is 8.56. The first kappa shape index (κ1) is 21.9. The van der Waals surface area contributed by atoms with Crippen molar-refractivity contribution in [3.8, 4) is 0 Å². The van der Waals surface area contributed by atoms with E-state index >= 15 is 0 Å². The van der Waals surface area contributed by atoms with Gasteiger partial charge < -0.3 is 11.1 Å². The lowest BCUT2D eigenvalue weighted by atomic mass is 9.49. The van der Waals surface area contributed by atoms with Crippen LogP contribution in [0, 0.1) is 11.3 Å². The smallest absolute Gasteiger partial charge is 0.220 e. The summed E-state index contributed by atoms with van der Waals surface area (Å²) in [7, 11) is 0. The highest BCUT2D eigenvalue weighted by atomic mass is 16.1. The van der Waals surface area contributed by atoms with Crippen LogP contribution in [0.5, 0.6) is 0 Å². The molecule has 1 aromatic carbocycles. The number of benzene rings is 1. The van der Waals surface area contributed by atoms with Crippen molar-refractivity contribution in [1.82, 2.24) is 5.32 Å². The fourth-order valence-corrected chi connectivity index (χ4v) is 7.39. The van der Waals surface area contributed by atoms with Crippen molar-refractivity contribution < 1.29 is 4.79 Å². The summed E-state index contributed by atoms with van der Waals surface area (Å²) >= 11 is 0. The Hall–Kier alpha value is -1.35. The molecule has 0 radical (unpaired) electrons. The molecule has 3 N–H and O–H groups in total. The molecule has 3 aliphatic carbocycles. The molecule has 3 aliphatic rings. The molecule has 3 saturated carbocycles. The maximum atomic E-state index is 12.7. The molecule has 0 aromatic heterocycles. The molecular weight excluding hydrogens is 368 g/mol. The molecule has 1 unspecified atom stereocenters. The molecule has 3 heteroatoms. The van der Waals surface area contributed by atoms with Gasteiger partial charge >= 0.3 is 0 Å². The first-order chi connectivity index (χ1) is 14.5. The summed E-state index contributed by atoms with van der Waals surface area (Å²) in [6.07, 6.45) is 16.6. The summed E-state index contributed by atoms with van der Waals surface area (Å²) < 4.78 is 0. The lowest BCUT2D eigenvalue weighted by Crippen LogP contribution is -2.47. The van der Waals surface area contributed by atoms with Gasteiger partial charge in [0.2, 0.25) is 5.91 Å². The van der Waals surface area contributed by atoms with Crippen LogP contribution in [-0.2, 0) is 10.2 Å². The van der Waals surface area contributed by atoms with Crippen LogP contribution in [0.2, 0.25) is 0 Å². The summed E-state index contributed by atoms with van der Waals surface area (Å²) in [6.45, 7) is 2.35. The van der Waals surface area contributed by atoms with E-state index < -0.39 is 0 Å². The quantitative estimate of drug-likeness (QED) is 0.591. The molecule has 1 amide bonds. The fraction of sp³-hybridized carbons (Fsp3) is 0.741. The van der Waals surface area contributed by atoms with E-state index in [0.29, 0.717) is 35.3 Å². The highest BCUT2D eigenvalue weighted by Gasteiger charge is 2.50. The molecule has 0 saturated heterocycles. The van der Waals surface area contributed by atoms with E-state index in [1.165, 1.54) is 51.4 Å². The minimum Gasteiger partial charge on any atom is -0.353 e. The van der Waals surface area contributed by atoms with Gasteiger partial charge in [-0.1, -0.05) is 50.1 Å². The third kappa shape index (κ3) is 4.93. The van der Waals surface area contributed by atoms with Gasteiger partial charge in [0.05, 0.1) is 0 Å². The zero-order valence-corrected chi connectivity index (χ0v) is 19.0. The molecule has 3 fully saturated rings. The van der Waals surface area contributed by atoms with Gasteiger partial charge in [-0.3, -0.25) is 4.79 Å². The standard InChI is InChI=1S/C27H42N2O/c1-2-15-26-16-6-17-27(20-26,22-7-4-3-5-8-22)19-21(18-26)9-14-25(30)29-24-12-10-23(28)11-13-24/h3-5,7-8,21,23-24H,2,6,9-20,28H2,1H3,(H,29,30)/t21?,23?,24?,26-,27-/m1/s1. The third-order valence-corrected chi connectivity index (χ3v) is 8.56. The summed E-state index contributed by atoms with van der Waals surface area (Å²) in [5.74, 6) is 0.945. The van der Waals surface area contributed by atoms with Crippen molar-refractivity contribution in [2.75, 3.05) is 0 Å². The molecule has 30 heavy (non-hydrogen) atoms. The monoisotopic (exact) mass is 410 g/mol. The Bertz CT molecular complexity index is 692. The molecule has 0 aliphatic heterocycles. The predicted molar refractivity (Wildman–Crippen MR) is 124 cm³/mol. The minimum absolute atomic E-state index is 0.268. The van der Waals surface area contributed by atoms with Crippen LogP contribution in [0.4, 0.5) is 0 Å². The Balaban J connectivity index is 1.41. The Morgan fingerprint density at radius 2 is 1.87 bits per heavy atom. The van der Waals surface area contributed by atoms with E-state index in [1.54, 1.807) is 5.56 Å². The van der Waals surface area contributed by atoms with Crippen molar-refractivity contribution in [2.24, 2.45) is 17.1 Å². The number of amides is 1. The number of rotatable bonds is 7. The number of carbonyl (C=O) groups is 1. The number of nitrogens with two attached hydrogens (primary N) is 1. The average Bonchev–Trinajstić information content (AvgIpc) is 2.74. The second-order valence-corrected chi connectivity index (χ2v) is 10.9. The van der Waals surface area contributed by atoms with E-state index in [0.717, 1.165) is 32.1 Å². The lowest BCUT2D eigenvalue weighted by molar-refractivity contribution is -0.122. The maximum absolute atomic E-state index is 12.7. The van der Waals surface area contributed by atoms with Crippen molar-refractivity contribution in [2.45, 2.75) is 114 Å². The van der Waals surface area contributed by atoms with Crippen molar-refractivity contribution in [3.63, 3.8) is 0 Å². The Labute approximate surface area is 183 Å². The molecule has 1 aromatic rings.